The average Bonchev–Trinajstić information content (AvgIpc) is 2.28. The number of H-pyrrole nitrogens is 1. The minimum atomic E-state index is -0.217. The number of nitrogens with zero attached hydrogens (tertiary/aromatic N) is 1. The van der Waals surface area contributed by atoms with Crippen molar-refractivity contribution in [2.24, 2.45) is 0 Å². The van der Waals surface area contributed by atoms with Gasteiger partial charge in [0.25, 0.3) is 5.56 Å². The van der Waals surface area contributed by atoms with Gasteiger partial charge in [-0.15, -0.1) is 11.6 Å². The number of pyridine rings is 1. The summed E-state index contributed by atoms with van der Waals surface area (Å²) in [6, 6.07) is 1.84. The molecule has 0 atom stereocenters. The van der Waals surface area contributed by atoms with Gasteiger partial charge in [0.05, 0.1) is 0 Å². The number of aryl methyl sites for hydroxylation is 1. The zero-order valence-corrected chi connectivity index (χ0v) is 8.88. The Labute approximate surface area is 91.9 Å². The summed E-state index contributed by atoms with van der Waals surface area (Å²) in [6.07, 6.45) is 3.32. The van der Waals surface area contributed by atoms with Gasteiger partial charge in [-0.1, -0.05) is 0 Å². The van der Waals surface area contributed by atoms with Gasteiger partial charge >= 0.3 is 0 Å². The summed E-state index contributed by atoms with van der Waals surface area (Å²) in [6.45, 7) is 0.575. The second-order valence-electron chi connectivity index (χ2n) is 3.46. The lowest BCUT2D eigenvalue weighted by Gasteiger charge is -2.27. The Bertz CT molecular complexity index is 441. The molecule has 2 heterocycles. The summed E-state index contributed by atoms with van der Waals surface area (Å²) in [7, 11) is 0. The number of aromatic amines is 1. The highest BCUT2D eigenvalue weighted by Gasteiger charge is 2.24. The van der Waals surface area contributed by atoms with Gasteiger partial charge in [-0.2, -0.15) is 0 Å². The first-order valence-electron chi connectivity index (χ1n) is 4.81. The number of carbonyl (C=O) groups excluding carboxylic acids is 1. The molecule has 0 radical (unpaired) electrons. The van der Waals surface area contributed by atoms with Crippen molar-refractivity contribution >= 4 is 23.2 Å². The predicted octanol–water partition coefficient (Wildman–Crippen LogP) is 0.893. The summed E-state index contributed by atoms with van der Waals surface area (Å²) < 4.78 is 0. The van der Waals surface area contributed by atoms with Gasteiger partial charge in [0, 0.05) is 12.7 Å². The minimum Gasteiger partial charge on any atom is -0.327 e. The number of anilines is 1. The summed E-state index contributed by atoms with van der Waals surface area (Å²) >= 11 is 5.50. The normalized spacial score (nSPS) is 14.9. The molecule has 0 aliphatic carbocycles. The maximum Gasteiger partial charge on any atom is 0.272 e. The van der Waals surface area contributed by atoms with E-state index in [1.165, 1.54) is 4.90 Å². The number of nitrogens with one attached hydrogen (secondary N) is 1. The number of amides is 1. The number of fused-ring (bicyclic) bond motifs is 1. The molecule has 1 N–H and O–H groups in total. The third-order valence-electron chi connectivity index (χ3n) is 2.53. The topological polar surface area (TPSA) is 53.2 Å². The third kappa shape index (κ3) is 1.77. The van der Waals surface area contributed by atoms with E-state index in [0.29, 0.717) is 12.2 Å². The maximum absolute atomic E-state index is 11.6. The lowest BCUT2D eigenvalue weighted by molar-refractivity contribution is -0.116. The molecule has 1 amide bonds. The van der Waals surface area contributed by atoms with Crippen LogP contribution in [0.5, 0.6) is 0 Å². The fourth-order valence-corrected chi connectivity index (χ4v) is 2.01. The summed E-state index contributed by atoms with van der Waals surface area (Å²) in [5.74, 6) is -0.303. The molecule has 4 nitrogen and oxygen atoms in total. The van der Waals surface area contributed by atoms with Crippen LogP contribution < -0.4 is 10.5 Å². The van der Waals surface area contributed by atoms with Crippen molar-refractivity contribution in [3.05, 3.63) is 28.2 Å². The van der Waals surface area contributed by atoms with Gasteiger partial charge in [0.2, 0.25) is 5.91 Å². The molecule has 2 rings (SSSR count). The minimum absolute atomic E-state index is 0.0895. The standard InChI is InChI=1S/C10H11ClN2O2/c11-6-8(14)13-5-1-2-7-3-4-12-10(15)9(7)13/h3-4H,1-2,5-6H2,(H,12,15). The Morgan fingerprint density at radius 2 is 2.40 bits per heavy atom. The first-order valence-corrected chi connectivity index (χ1v) is 5.34. The van der Waals surface area contributed by atoms with Crippen molar-refractivity contribution in [2.75, 3.05) is 17.3 Å². The first-order chi connectivity index (χ1) is 7.24. The van der Waals surface area contributed by atoms with E-state index < -0.39 is 0 Å². The molecule has 0 spiro atoms. The summed E-state index contributed by atoms with van der Waals surface area (Å²) in [5.41, 5.74) is 1.17. The maximum atomic E-state index is 11.6. The Hall–Kier alpha value is -1.29. The van der Waals surface area contributed by atoms with Crippen molar-refractivity contribution in [2.45, 2.75) is 12.8 Å². The lowest BCUT2D eigenvalue weighted by atomic mass is 10.0. The average molecular weight is 227 g/mol. The van der Waals surface area contributed by atoms with Crippen molar-refractivity contribution in [1.82, 2.24) is 4.98 Å². The molecule has 1 aliphatic heterocycles. The number of halogens is 1. The quantitative estimate of drug-likeness (QED) is 0.724. The molecular formula is C10H11ClN2O2. The molecule has 0 bridgehead atoms. The zero-order valence-electron chi connectivity index (χ0n) is 8.12. The fraction of sp³-hybridized carbons (Fsp3) is 0.400. The van der Waals surface area contributed by atoms with E-state index >= 15 is 0 Å². The highest BCUT2D eigenvalue weighted by molar-refractivity contribution is 6.29. The molecule has 5 heteroatoms. The highest BCUT2D eigenvalue weighted by Crippen LogP contribution is 2.22. The van der Waals surface area contributed by atoms with E-state index in [4.69, 9.17) is 11.6 Å². The van der Waals surface area contributed by atoms with E-state index in [9.17, 15) is 9.59 Å². The van der Waals surface area contributed by atoms with Crippen LogP contribution in [-0.2, 0) is 11.2 Å². The second kappa shape index (κ2) is 4.06. The number of hydrogen-bond donors (Lipinski definition) is 1. The largest absolute Gasteiger partial charge is 0.327 e. The Kier molecular flexibility index (Phi) is 2.77. The Morgan fingerprint density at radius 3 is 3.13 bits per heavy atom. The number of hydrogen-bond acceptors (Lipinski definition) is 2. The van der Waals surface area contributed by atoms with Crippen molar-refractivity contribution in [3.8, 4) is 0 Å². The lowest BCUT2D eigenvalue weighted by Crippen LogP contribution is -2.40. The number of aromatic nitrogens is 1. The third-order valence-corrected chi connectivity index (χ3v) is 2.76. The molecule has 80 valence electrons. The van der Waals surface area contributed by atoms with Gasteiger partial charge in [-0.25, -0.2) is 0 Å². The monoisotopic (exact) mass is 226 g/mol. The highest BCUT2D eigenvalue weighted by atomic mass is 35.5. The van der Waals surface area contributed by atoms with Crippen molar-refractivity contribution < 1.29 is 4.79 Å². The smallest absolute Gasteiger partial charge is 0.272 e. The van der Waals surface area contributed by atoms with Gasteiger partial charge in [0.15, 0.2) is 0 Å². The number of carbonyl (C=O) groups is 1. The second-order valence-corrected chi connectivity index (χ2v) is 3.73. The summed E-state index contributed by atoms with van der Waals surface area (Å²) in [4.78, 5) is 27.2. The van der Waals surface area contributed by atoms with E-state index in [2.05, 4.69) is 4.98 Å². The SMILES string of the molecule is O=C(CCl)N1CCCc2cc[nH]c(=O)c21. The van der Waals surface area contributed by atoms with Crippen LogP contribution >= 0.6 is 11.6 Å². The molecular weight excluding hydrogens is 216 g/mol. The van der Waals surface area contributed by atoms with Crippen LogP contribution in [0.1, 0.15) is 12.0 Å². The van der Waals surface area contributed by atoms with Gasteiger partial charge in [-0.05, 0) is 24.5 Å². The van der Waals surface area contributed by atoms with Gasteiger partial charge < -0.3 is 9.88 Å². The van der Waals surface area contributed by atoms with Crippen LogP contribution in [0.4, 0.5) is 5.69 Å². The van der Waals surface area contributed by atoms with Gasteiger partial charge in [-0.3, -0.25) is 9.59 Å². The number of rotatable bonds is 1. The van der Waals surface area contributed by atoms with Crippen LogP contribution in [-0.4, -0.2) is 23.3 Å². The number of alkyl halides is 1. The van der Waals surface area contributed by atoms with Crippen LogP contribution in [0.15, 0.2) is 17.1 Å². The molecule has 0 saturated heterocycles. The molecule has 1 aromatic rings. The van der Waals surface area contributed by atoms with E-state index in [1.807, 2.05) is 6.07 Å². The molecule has 0 saturated carbocycles. The van der Waals surface area contributed by atoms with E-state index in [-0.39, 0.29) is 17.3 Å². The van der Waals surface area contributed by atoms with Crippen LogP contribution in [0.2, 0.25) is 0 Å². The van der Waals surface area contributed by atoms with Crippen LogP contribution in [0.3, 0.4) is 0 Å². The fourth-order valence-electron chi connectivity index (χ4n) is 1.87. The van der Waals surface area contributed by atoms with Gasteiger partial charge in [0.1, 0.15) is 11.6 Å². The van der Waals surface area contributed by atoms with Crippen LogP contribution in [0, 0.1) is 0 Å². The summed E-state index contributed by atoms with van der Waals surface area (Å²) in [5, 5.41) is 0. The Morgan fingerprint density at radius 1 is 1.60 bits per heavy atom. The first kappa shape index (κ1) is 10.2. The van der Waals surface area contributed by atoms with Crippen molar-refractivity contribution in [3.63, 3.8) is 0 Å². The molecule has 15 heavy (non-hydrogen) atoms. The van der Waals surface area contributed by atoms with E-state index in [0.717, 1.165) is 18.4 Å². The van der Waals surface area contributed by atoms with Crippen molar-refractivity contribution in [1.29, 1.82) is 0 Å². The molecule has 0 aromatic carbocycles. The zero-order chi connectivity index (χ0) is 10.8. The molecule has 0 fully saturated rings. The van der Waals surface area contributed by atoms with Crippen LogP contribution in [0.25, 0.3) is 0 Å². The molecule has 0 unspecified atom stereocenters. The Balaban J connectivity index is 2.50. The van der Waals surface area contributed by atoms with E-state index in [1.54, 1.807) is 6.20 Å². The predicted molar refractivity (Wildman–Crippen MR) is 58.5 cm³/mol. The molecule has 1 aromatic heterocycles. The molecule has 1 aliphatic rings.